The summed E-state index contributed by atoms with van der Waals surface area (Å²) in [4.78, 5) is 38.9. The van der Waals surface area contributed by atoms with Gasteiger partial charge in [0.2, 0.25) is 11.8 Å². The number of hydrogen-bond acceptors (Lipinski definition) is 4. The summed E-state index contributed by atoms with van der Waals surface area (Å²) in [5.41, 5.74) is 4.66. The lowest BCUT2D eigenvalue weighted by atomic mass is 10.1. The highest BCUT2D eigenvalue weighted by atomic mass is 16.5. The van der Waals surface area contributed by atoms with Crippen LogP contribution in [0.3, 0.4) is 0 Å². The zero-order valence-corrected chi connectivity index (χ0v) is 19.9. The van der Waals surface area contributed by atoms with E-state index in [2.05, 4.69) is 10.6 Å². The third kappa shape index (κ3) is 6.47. The zero-order valence-electron chi connectivity index (χ0n) is 19.9. The number of amides is 3. The summed E-state index contributed by atoms with van der Waals surface area (Å²) in [6, 6.07) is 22.5. The average molecular weight is 472 g/mol. The Bertz CT molecular complexity index is 1210. The predicted molar refractivity (Wildman–Crippen MR) is 135 cm³/mol. The van der Waals surface area contributed by atoms with Crippen LogP contribution in [0, 0.1) is 19.8 Å². The van der Waals surface area contributed by atoms with E-state index in [1.165, 1.54) is 5.56 Å². The van der Waals surface area contributed by atoms with E-state index in [1.54, 1.807) is 29.2 Å². The molecule has 1 fully saturated rings. The van der Waals surface area contributed by atoms with Gasteiger partial charge in [0, 0.05) is 30.9 Å². The molecule has 3 aromatic rings. The van der Waals surface area contributed by atoms with Crippen LogP contribution in [0.1, 0.15) is 23.1 Å². The number of hydrogen-bond donors (Lipinski definition) is 2. The number of rotatable bonds is 8. The molecule has 4 rings (SSSR count). The van der Waals surface area contributed by atoms with Crippen LogP contribution >= 0.6 is 0 Å². The van der Waals surface area contributed by atoms with Crippen molar-refractivity contribution in [3.05, 3.63) is 89.5 Å². The standard InChI is InChI=1S/C28H29N3O4/c1-19-6-8-21(9-7-19)16-29-28(34)22-15-27(33)31(17-22)24-10-12-25(13-11-24)35-18-26(32)30-23-5-3-4-20(2)14-23/h3-14,22H,15-18H2,1-2H3,(H,29,34)(H,30,32). The Morgan fingerprint density at radius 2 is 1.71 bits per heavy atom. The lowest BCUT2D eigenvalue weighted by Gasteiger charge is -2.17. The number of aryl methyl sites for hydroxylation is 2. The van der Waals surface area contributed by atoms with Gasteiger partial charge < -0.3 is 20.3 Å². The van der Waals surface area contributed by atoms with E-state index in [0.717, 1.165) is 16.8 Å². The van der Waals surface area contributed by atoms with Crippen molar-refractivity contribution in [3.8, 4) is 5.75 Å². The first-order valence-electron chi connectivity index (χ1n) is 11.6. The second kappa shape index (κ2) is 10.9. The first-order valence-corrected chi connectivity index (χ1v) is 11.6. The van der Waals surface area contributed by atoms with Crippen LogP contribution in [0.4, 0.5) is 11.4 Å². The molecule has 7 nitrogen and oxygen atoms in total. The molecule has 1 saturated heterocycles. The van der Waals surface area contributed by atoms with E-state index < -0.39 is 5.92 Å². The van der Waals surface area contributed by atoms with Gasteiger partial charge >= 0.3 is 0 Å². The molecule has 0 aliphatic carbocycles. The summed E-state index contributed by atoms with van der Waals surface area (Å²) in [6.07, 6.45) is 0.178. The Morgan fingerprint density at radius 1 is 0.971 bits per heavy atom. The molecule has 0 saturated carbocycles. The maximum absolute atomic E-state index is 12.6. The van der Waals surface area contributed by atoms with Gasteiger partial charge in [0.15, 0.2) is 6.61 Å². The number of carbonyl (C=O) groups is 3. The van der Waals surface area contributed by atoms with Crippen molar-refractivity contribution in [2.24, 2.45) is 5.92 Å². The van der Waals surface area contributed by atoms with E-state index in [4.69, 9.17) is 4.74 Å². The van der Waals surface area contributed by atoms with Crippen molar-refractivity contribution in [1.82, 2.24) is 5.32 Å². The Hall–Kier alpha value is -4.13. The van der Waals surface area contributed by atoms with E-state index in [-0.39, 0.29) is 30.7 Å². The maximum Gasteiger partial charge on any atom is 0.262 e. The first-order chi connectivity index (χ1) is 16.9. The molecule has 2 N–H and O–H groups in total. The molecule has 3 amide bonds. The van der Waals surface area contributed by atoms with Gasteiger partial charge in [-0.1, -0.05) is 42.0 Å². The zero-order chi connectivity index (χ0) is 24.8. The topological polar surface area (TPSA) is 87.7 Å². The minimum absolute atomic E-state index is 0.0910. The van der Waals surface area contributed by atoms with Gasteiger partial charge in [0.25, 0.3) is 5.91 Å². The molecule has 1 aliphatic heterocycles. The van der Waals surface area contributed by atoms with Crippen LogP contribution in [0.2, 0.25) is 0 Å². The van der Waals surface area contributed by atoms with Crippen molar-refractivity contribution in [3.63, 3.8) is 0 Å². The lowest BCUT2D eigenvalue weighted by molar-refractivity contribution is -0.126. The van der Waals surface area contributed by atoms with Crippen molar-refractivity contribution >= 4 is 29.1 Å². The normalized spacial score (nSPS) is 15.1. The summed E-state index contributed by atoms with van der Waals surface area (Å²) in [5.74, 6) is -0.344. The molecule has 180 valence electrons. The summed E-state index contributed by atoms with van der Waals surface area (Å²) >= 11 is 0. The fraction of sp³-hybridized carbons (Fsp3) is 0.250. The van der Waals surface area contributed by atoms with Gasteiger partial charge in [0.1, 0.15) is 5.75 Å². The Morgan fingerprint density at radius 3 is 2.43 bits per heavy atom. The average Bonchev–Trinajstić information content (AvgIpc) is 3.24. The third-order valence-electron chi connectivity index (χ3n) is 5.90. The quantitative estimate of drug-likeness (QED) is 0.520. The van der Waals surface area contributed by atoms with E-state index in [1.807, 2.05) is 62.4 Å². The monoisotopic (exact) mass is 471 g/mol. The molecule has 1 heterocycles. The number of ether oxygens (including phenoxy) is 1. The van der Waals surface area contributed by atoms with Crippen molar-refractivity contribution in [2.45, 2.75) is 26.8 Å². The van der Waals surface area contributed by atoms with Crippen LogP contribution in [-0.2, 0) is 20.9 Å². The fourth-order valence-corrected chi connectivity index (χ4v) is 3.96. The van der Waals surface area contributed by atoms with Crippen LogP contribution < -0.4 is 20.3 Å². The van der Waals surface area contributed by atoms with E-state index in [9.17, 15) is 14.4 Å². The Labute approximate surface area is 205 Å². The second-order valence-corrected chi connectivity index (χ2v) is 8.81. The Balaban J connectivity index is 1.26. The highest BCUT2D eigenvalue weighted by Crippen LogP contribution is 2.27. The highest BCUT2D eigenvalue weighted by molar-refractivity contribution is 6.00. The minimum Gasteiger partial charge on any atom is -0.484 e. The lowest BCUT2D eigenvalue weighted by Crippen LogP contribution is -2.32. The van der Waals surface area contributed by atoms with Crippen LogP contribution in [0.15, 0.2) is 72.8 Å². The molecular formula is C28H29N3O4. The van der Waals surface area contributed by atoms with Crippen molar-refractivity contribution in [2.75, 3.05) is 23.4 Å². The van der Waals surface area contributed by atoms with Gasteiger partial charge in [-0.2, -0.15) is 0 Å². The Kier molecular flexibility index (Phi) is 7.45. The van der Waals surface area contributed by atoms with Crippen molar-refractivity contribution in [1.29, 1.82) is 0 Å². The fourth-order valence-electron chi connectivity index (χ4n) is 3.96. The summed E-state index contributed by atoms with van der Waals surface area (Å²) in [7, 11) is 0. The molecule has 3 aromatic carbocycles. The van der Waals surface area contributed by atoms with Crippen LogP contribution in [-0.4, -0.2) is 30.9 Å². The highest BCUT2D eigenvalue weighted by Gasteiger charge is 2.35. The number of nitrogens with one attached hydrogen (secondary N) is 2. The molecule has 1 atom stereocenters. The van der Waals surface area contributed by atoms with Crippen molar-refractivity contribution < 1.29 is 19.1 Å². The molecule has 35 heavy (non-hydrogen) atoms. The van der Waals surface area contributed by atoms with Crippen LogP contribution in [0.5, 0.6) is 5.75 Å². The maximum atomic E-state index is 12.6. The largest absolute Gasteiger partial charge is 0.484 e. The van der Waals surface area contributed by atoms with Gasteiger partial charge in [-0.05, 0) is 61.4 Å². The van der Waals surface area contributed by atoms with Crippen LogP contribution in [0.25, 0.3) is 0 Å². The molecule has 1 aliphatic rings. The number of nitrogens with zero attached hydrogens (tertiary/aromatic N) is 1. The molecule has 7 heteroatoms. The molecule has 1 unspecified atom stereocenters. The molecule has 0 spiro atoms. The molecule has 0 aromatic heterocycles. The van der Waals surface area contributed by atoms with Gasteiger partial charge in [-0.15, -0.1) is 0 Å². The molecule has 0 bridgehead atoms. The van der Waals surface area contributed by atoms with E-state index in [0.29, 0.717) is 24.5 Å². The van der Waals surface area contributed by atoms with E-state index >= 15 is 0 Å². The van der Waals surface area contributed by atoms with Gasteiger partial charge in [-0.3, -0.25) is 14.4 Å². The second-order valence-electron chi connectivity index (χ2n) is 8.81. The smallest absolute Gasteiger partial charge is 0.262 e. The molecule has 0 radical (unpaired) electrons. The summed E-state index contributed by atoms with van der Waals surface area (Å²) in [6.45, 7) is 4.62. The SMILES string of the molecule is Cc1ccc(CNC(=O)C2CC(=O)N(c3ccc(OCC(=O)Nc4cccc(C)c4)cc3)C2)cc1. The molecular weight excluding hydrogens is 442 g/mol. The van der Waals surface area contributed by atoms with Gasteiger partial charge in [-0.25, -0.2) is 0 Å². The third-order valence-corrected chi connectivity index (χ3v) is 5.90. The summed E-state index contributed by atoms with van der Waals surface area (Å²) < 4.78 is 5.58. The number of carbonyl (C=O) groups excluding carboxylic acids is 3. The summed E-state index contributed by atoms with van der Waals surface area (Å²) in [5, 5.41) is 5.73. The minimum atomic E-state index is -0.394. The van der Waals surface area contributed by atoms with Gasteiger partial charge in [0.05, 0.1) is 5.92 Å². The number of anilines is 2. The first kappa shape index (κ1) is 24.0. The number of benzene rings is 3. The predicted octanol–water partition coefficient (Wildman–Crippen LogP) is 3.99.